The molecule has 1 aliphatic rings. The number of methoxy groups -OCH3 is 1. The molecule has 3 aromatic rings. The first-order valence-corrected chi connectivity index (χ1v) is 9.34. The van der Waals surface area contributed by atoms with Gasteiger partial charge in [-0.1, -0.05) is 53.5 Å². The highest BCUT2D eigenvalue weighted by Gasteiger charge is 2.39. The number of H-pyrrole nitrogens is 1. The number of aromatic nitrogens is 1. The molecule has 0 saturated carbocycles. The zero-order chi connectivity index (χ0) is 20.0. The Morgan fingerprint density at radius 1 is 1.07 bits per heavy atom. The van der Waals surface area contributed by atoms with E-state index in [1.807, 2.05) is 24.3 Å². The van der Waals surface area contributed by atoms with Crippen LogP contribution < -0.4 is 5.32 Å². The number of aryl methyl sites for hydroxylation is 1. The maximum atomic E-state index is 13.0. The molecular formula is C21H16Cl2N2O3. The Bertz CT molecular complexity index is 1120. The number of halogens is 2. The van der Waals surface area contributed by atoms with Crippen LogP contribution in [-0.2, 0) is 9.53 Å². The third-order valence-corrected chi connectivity index (χ3v) is 5.56. The Labute approximate surface area is 171 Å². The predicted molar refractivity (Wildman–Crippen MR) is 109 cm³/mol. The number of hydrogen-bond donors (Lipinski definition) is 2. The molecule has 2 heterocycles. The molecule has 0 aliphatic carbocycles. The van der Waals surface area contributed by atoms with Crippen molar-refractivity contribution in [2.75, 3.05) is 12.4 Å². The van der Waals surface area contributed by atoms with Crippen LogP contribution >= 0.6 is 23.2 Å². The van der Waals surface area contributed by atoms with Gasteiger partial charge in [-0.05, 0) is 24.6 Å². The van der Waals surface area contributed by atoms with Gasteiger partial charge >= 0.3 is 5.97 Å². The fraction of sp³-hybridized carbons (Fsp3) is 0.143. The number of hydrogen-bond acceptors (Lipinski definition) is 3. The lowest BCUT2D eigenvalue weighted by molar-refractivity contribution is -0.116. The summed E-state index contributed by atoms with van der Waals surface area (Å²) in [5.41, 5.74) is 4.01. The molecule has 2 N–H and O–H groups in total. The van der Waals surface area contributed by atoms with Gasteiger partial charge in [0, 0.05) is 21.8 Å². The average Bonchev–Trinajstić information content (AvgIpc) is 3.18. The Morgan fingerprint density at radius 2 is 1.79 bits per heavy atom. The van der Waals surface area contributed by atoms with E-state index < -0.39 is 11.9 Å². The molecule has 0 bridgehead atoms. The number of anilines is 1. The van der Waals surface area contributed by atoms with Gasteiger partial charge in [0.1, 0.15) is 0 Å². The summed E-state index contributed by atoms with van der Waals surface area (Å²) in [7, 11) is 1.31. The second-order valence-corrected chi connectivity index (χ2v) is 7.33. The third-order valence-electron chi connectivity index (χ3n) is 4.91. The number of benzene rings is 2. The summed E-state index contributed by atoms with van der Waals surface area (Å²) in [6.07, 6.45) is 0. The van der Waals surface area contributed by atoms with Crippen molar-refractivity contribution in [3.8, 4) is 11.3 Å². The molecule has 0 radical (unpaired) electrons. The molecule has 28 heavy (non-hydrogen) atoms. The van der Waals surface area contributed by atoms with E-state index in [4.69, 9.17) is 27.9 Å². The number of amides is 1. The first-order chi connectivity index (χ1) is 13.4. The van der Waals surface area contributed by atoms with Crippen molar-refractivity contribution in [2.45, 2.75) is 12.8 Å². The van der Waals surface area contributed by atoms with Crippen molar-refractivity contribution in [2.24, 2.45) is 0 Å². The minimum absolute atomic E-state index is 0.263. The van der Waals surface area contributed by atoms with Gasteiger partial charge in [0.2, 0.25) is 5.91 Å². The van der Waals surface area contributed by atoms with Crippen molar-refractivity contribution < 1.29 is 14.3 Å². The molecular weight excluding hydrogens is 399 g/mol. The largest absolute Gasteiger partial charge is 0.465 e. The number of carbonyl (C=O) groups excluding carboxylic acids is 2. The van der Waals surface area contributed by atoms with E-state index in [1.165, 1.54) is 7.11 Å². The second-order valence-electron chi connectivity index (χ2n) is 6.51. The molecule has 0 unspecified atom stereocenters. The zero-order valence-corrected chi connectivity index (χ0v) is 16.6. The number of nitrogens with one attached hydrogen (secondary N) is 2. The summed E-state index contributed by atoms with van der Waals surface area (Å²) in [5, 5.41) is 3.78. The summed E-state index contributed by atoms with van der Waals surface area (Å²) in [5.74, 6) is -1.51. The van der Waals surface area contributed by atoms with Gasteiger partial charge in [-0.3, -0.25) is 4.79 Å². The minimum atomic E-state index is -0.723. The number of carbonyl (C=O) groups is 2. The summed E-state index contributed by atoms with van der Waals surface area (Å²) in [4.78, 5) is 28.8. The molecule has 4 rings (SSSR count). The van der Waals surface area contributed by atoms with E-state index in [0.717, 1.165) is 0 Å². The lowest BCUT2D eigenvalue weighted by Crippen LogP contribution is -2.17. The van der Waals surface area contributed by atoms with Crippen LogP contribution in [-0.4, -0.2) is 24.0 Å². The smallest absolute Gasteiger partial charge is 0.340 e. The highest BCUT2D eigenvalue weighted by Crippen LogP contribution is 2.46. The van der Waals surface area contributed by atoms with E-state index in [0.29, 0.717) is 49.4 Å². The van der Waals surface area contributed by atoms with Gasteiger partial charge in [0.05, 0.1) is 35.0 Å². The average molecular weight is 415 g/mol. The molecule has 0 fully saturated rings. The van der Waals surface area contributed by atoms with Crippen LogP contribution in [0.4, 0.5) is 5.69 Å². The summed E-state index contributed by atoms with van der Waals surface area (Å²) >= 11 is 12.7. The summed E-state index contributed by atoms with van der Waals surface area (Å²) < 4.78 is 4.99. The lowest BCUT2D eigenvalue weighted by atomic mass is 9.87. The summed E-state index contributed by atoms with van der Waals surface area (Å²) in [6.45, 7) is 1.77. The first-order valence-electron chi connectivity index (χ1n) is 8.59. The molecule has 2 aromatic carbocycles. The minimum Gasteiger partial charge on any atom is -0.465 e. The molecule has 1 amide bonds. The molecule has 1 aromatic heterocycles. The maximum Gasteiger partial charge on any atom is 0.340 e. The number of rotatable bonds is 3. The van der Waals surface area contributed by atoms with Crippen molar-refractivity contribution >= 4 is 40.8 Å². The van der Waals surface area contributed by atoms with Gasteiger partial charge in [-0.15, -0.1) is 0 Å². The molecule has 1 atom stereocenters. The van der Waals surface area contributed by atoms with Crippen molar-refractivity contribution in [3.05, 3.63) is 74.9 Å². The van der Waals surface area contributed by atoms with Crippen LogP contribution in [0.3, 0.4) is 0 Å². The monoisotopic (exact) mass is 414 g/mol. The van der Waals surface area contributed by atoms with E-state index >= 15 is 0 Å². The van der Waals surface area contributed by atoms with Gasteiger partial charge in [-0.25, -0.2) is 4.79 Å². The van der Waals surface area contributed by atoms with Crippen LogP contribution in [0, 0.1) is 6.92 Å². The number of fused-ring (bicyclic) bond motifs is 1. The van der Waals surface area contributed by atoms with E-state index in [2.05, 4.69) is 10.3 Å². The van der Waals surface area contributed by atoms with Crippen molar-refractivity contribution in [3.63, 3.8) is 0 Å². The quantitative estimate of drug-likeness (QED) is 0.580. The molecule has 1 aliphatic heterocycles. The maximum absolute atomic E-state index is 13.0. The van der Waals surface area contributed by atoms with Gasteiger partial charge < -0.3 is 15.0 Å². The fourth-order valence-electron chi connectivity index (χ4n) is 3.71. The van der Waals surface area contributed by atoms with Crippen LogP contribution in [0.15, 0.2) is 42.5 Å². The second kappa shape index (κ2) is 7.00. The Balaban J connectivity index is 2.04. The first kappa shape index (κ1) is 18.6. The van der Waals surface area contributed by atoms with E-state index in [-0.39, 0.29) is 5.91 Å². The van der Waals surface area contributed by atoms with Gasteiger partial charge in [0.25, 0.3) is 0 Å². The Hall–Kier alpha value is -2.76. The normalized spacial score (nSPS) is 15.3. The fourth-order valence-corrected chi connectivity index (χ4v) is 4.17. The highest BCUT2D eigenvalue weighted by molar-refractivity contribution is 6.35. The van der Waals surface area contributed by atoms with Crippen LogP contribution in [0.5, 0.6) is 0 Å². The summed E-state index contributed by atoms with van der Waals surface area (Å²) in [6, 6.07) is 12.6. The third kappa shape index (κ3) is 2.79. The van der Waals surface area contributed by atoms with E-state index in [1.54, 1.807) is 25.1 Å². The van der Waals surface area contributed by atoms with Crippen molar-refractivity contribution in [1.29, 1.82) is 0 Å². The van der Waals surface area contributed by atoms with Crippen LogP contribution in [0.2, 0.25) is 10.0 Å². The Kier molecular flexibility index (Phi) is 4.65. The Morgan fingerprint density at radius 3 is 2.50 bits per heavy atom. The SMILES string of the molecule is COC(=O)c1c(C)[nH]c(-c2ccccc2Cl)c1[C@@H]1C(=O)Nc2c(Cl)cccc21. The molecule has 0 saturated heterocycles. The standard InChI is InChI=1S/C21H16Cl2N2O3/c1-10-15(21(27)28-2)17(19(24-10)11-6-3-4-8-13(11)22)16-12-7-5-9-14(23)18(12)25-20(16)26/h3-9,16,24H,1-2H3,(H,25,26)/t16-/m1/s1. The molecule has 5 nitrogen and oxygen atoms in total. The topological polar surface area (TPSA) is 71.2 Å². The molecule has 7 heteroatoms. The number of ether oxygens (including phenoxy) is 1. The van der Waals surface area contributed by atoms with E-state index in [9.17, 15) is 9.59 Å². The molecule has 142 valence electrons. The lowest BCUT2D eigenvalue weighted by Gasteiger charge is -2.14. The molecule has 0 spiro atoms. The van der Waals surface area contributed by atoms with Crippen molar-refractivity contribution in [1.82, 2.24) is 4.98 Å². The zero-order valence-electron chi connectivity index (χ0n) is 15.1. The predicted octanol–water partition coefficient (Wildman–Crippen LogP) is 5.17. The van der Waals surface area contributed by atoms with Crippen LogP contribution in [0.1, 0.15) is 33.1 Å². The van der Waals surface area contributed by atoms with Crippen LogP contribution in [0.25, 0.3) is 11.3 Å². The van der Waals surface area contributed by atoms with Gasteiger partial charge in [0.15, 0.2) is 0 Å². The number of aromatic amines is 1. The number of esters is 1. The van der Waals surface area contributed by atoms with Gasteiger partial charge in [-0.2, -0.15) is 0 Å². The number of para-hydroxylation sites is 1. The highest BCUT2D eigenvalue weighted by atomic mass is 35.5.